The molecule has 2 aromatic carbocycles. The van der Waals surface area contributed by atoms with Gasteiger partial charge in [0.05, 0.1) is 17.0 Å². The normalized spacial score (nSPS) is 11.1. The number of sulfonamides is 1. The highest BCUT2D eigenvalue weighted by molar-refractivity contribution is 7.92. The maximum absolute atomic E-state index is 12.2. The fourth-order valence-electron chi connectivity index (χ4n) is 2.58. The van der Waals surface area contributed by atoms with Crippen molar-refractivity contribution in [2.45, 2.75) is 6.42 Å². The third-order valence-corrected chi connectivity index (χ3v) is 5.44. The average Bonchev–Trinajstić information content (AvgIpc) is 2.63. The highest BCUT2D eigenvalue weighted by Crippen LogP contribution is 2.26. The average molecular weight is 410 g/mol. The highest BCUT2D eigenvalue weighted by Gasteiger charge is 2.22. The summed E-state index contributed by atoms with van der Waals surface area (Å²) < 4.78 is 25.2. The second-order valence-electron chi connectivity index (χ2n) is 6.18. The molecule has 0 spiro atoms. The number of amides is 1. The van der Waals surface area contributed by atoms with E-state index in [1.165, 1.54) is 0 Å². The molecule has 0 aliphatic rings. The van der Waals surface area contributed by atoms with Crippen LogP contribution in [0.25, 0.3) is 0 Å². The first kappa shape index (κ1) is 21.1. The zero-order valence-electron chi connectivity index (χ0n) is 15.4. The van der Waals surface area contributed by atoms with E-state index < -0.39 is 10.0 Å². The van der Waals surface area contributed by atoms with Crippen LogP contribution in [0.4, 0.5) is 11.4 Å². The van der Waals surface area contributed by atoms with Gasteiger partial charge in [0.25, 0.3) is 0 Å². The quantitative estimate of drug-likeness (QED) is 0.646. The van der Waals surface area contributed by atoms with Gasteiger partial charge in [-0.25, -0.2) is 8.42 Å². The molecule has 0 bridgehead atoms. The Labute approximate surface area is 165 Å². The Bertz CT molecular complexity index is 860. The molecule has 0 unspecified atom stereocenters. The van der Waals surface area contributed by atoms with E-state index in [0.717, 1.165) is 29.2 Å². The van der Waals surface area contributed by atoms with Gasteiger partial charge in [-0.2, -0.15) is 0 Å². The molecular formula is C19H24ClN3O3S. The van der Waals surface area contributed by atoms with Crippen LogP contribution in [-0.2, 0) is 14.8 Å². The second kappa shape index (κ2) is 9.62. The van der Waals surface area contributed by atoms with Crippen LogP contribution in [0, 0.1) is 0 Å². The van der Waals surface area contributed by atoms with E-state index in [1.807, 2.05) is 37.4 Å². The molecular weight excluding hydrogens is 386 g/mol. The van der Waals surface area contributed by atoms with Crippen LogP contribution in [0.5, 0.6) is 0 Å². The van der Waals surface area contributed by atoms with Crippen molar-refractivity contribution in [2.75, 3.05) is 42.1 Å². The molecule has 146 valence electrons. The first-order valence-corrected chi connectivity index (χ1v) is 10.8. The second-order valence-corrected chi connectivity index (χ2v) is 8.50. The van der Waals surface area contributed by atoms with Crippen molar-refractivity contribution in [3.8, 4) is 0 Å². The van der Waals surface area contributed by atoms with Crippen LogP contribution in [0.1, 0.15) is 6.42 Å². The van der Waals surface area contributed by atoms with Crippen LogP contribution < -0.4 is 14.5 Å². The van der Waals surface area contributed by atoms with Crippen molar-refractivity contribution in [2.24, 2.45) is 0 Å². The molecule has 27 heavy (non-hydrogen) atoms. The van der Waals surface area contributed by atoms with Gasteiger partial charge in [-0.05, 0) is 30.7 Å². The summed E-state index contributed by atoms with van der Waals surface area (Å²) in [7, 11) is -1.65. The number of nitrogens with one attached hydrogen (secondary N) is 1. The topological polar surface area (TPSA) is 69.7 Å². The summed E-state index contributed by atoms with van der Waals surface area (Å²) in [6, 6.07) is 16.5. The van der Waals surface area contributed by atoms with Crippen LogP contribution in [0.15, 0.2) is 54.6 Å². The molecule has 0 heterocycles. The molecule has 1 N–H and O–H groups in total. The molecule has 0 aliphatic carbocycles. The largest absolute Gasteiger partial charge is 0.375 e. The number of rotatable bonds is 9. The number of anilines is 2. The number of benzene rings is 2. The molecule has 0 radical (unpaired) electrons. The molecule has 0 atom stereocenters. The minimum Gasteiger partial charge on any atom is -0.375 e. The van der Waals surface area contributed by atoms with Gasteiger partial charge in [-0.1, -0.05) is 41.9 Å². The first-order valence-electron chi connectivity index (χ1n) is 8.54. The van der Waals surface area contributed by atoms with E-state index >= 15 is 0 Å². The van der Waals surface area contributed by atoms with Gasteiger partial charge in [0.1, 0.15) is 6.54 Å². The lowest BCUT2D eigenvalue weighted by Gasteiger charge is -2.23. The Morgan fingerprint density at radius 2 is 1.70 bits per heavy atom. The lowest BCUT2D eigenvalue weighted by atomic mass is 10.3. The summed E-state index contributed by atoms with van der Waals surface area (Å²) in [6.07, 6.45) is 1.79. The van der Waals surface area contributed by atoms with Gasteiger partial charge < -0.3 is 10.2 Å². The minimum atomic E-state index is -3.64. The predicted molar refractivity (Wildman–Crippen MR) is 111 cm³/mol. The van der Waals surface area contributed by atoms with Crippen molar-refractivity contribution in [3.63, 3.8) is 0 Å². The SMILES string of the molecule is CN(CCCNC(=O)CN(c1ccccc1Cl)S(C)(=O)=O)c1ccccc1. The lowest BCUT2D eigenvalue weighted by Crippen LogP contribution is -2.41. The van der Waals surface area contributed by atoms with E-state index in [2.05, 4.69) is 10.2 Å². The number of halogens is 1. The molecule has 1 amide bonds. The molecule has 0 fully saturated rings. The fraction of sp³-hybridized carbons (Fsp3) is 0.316. The number of carbonyl (C=O) groups excluding carboxylic acids is 1. The zero-order valence-corrected chi connectivity index (χ0v) is 17.0. The summed E-state index contributed by atoms with van der Waals surface area (Å²) in [5, 5.41) is 3.04. The molecule has 0 saturated heterocycles. The van der Waals surface area contributed by atoms with E-state index in [0.29, 0.717) is 12.2 Å². The molecule has 0 aliphatic heterocycles. The van der Waals surface area contributed by atoms with E-state index in [4.69, 9.17) is 11.6 Å². The van der Waals surface area contributed by atoms with Gasteiger partial charge >= 0.3 is 0 Å². The van der Waals surface area contributed by atoms with E-state index in [9.17, 15) is 13.2 Å². The Balaban J connectivity index is 1.87. The van der Waals surface area contributed by atoms with Crippen LogP contribution in [0.2, 0.25) is 5.02 Å². The number of nitrogens with zero attached hydrogens (tertiary/aromatic N) is 2. The van der Waals surface area contributed by atoms with Crippen LogP contribution in [0.3, 0.4) is 0 Å². The maximum atomic E-state index is 12.2. The Kier molecular flexibility index (Phi) is 7.50. The standard InChI is InChI=1S/C19H24ClN3O3S/c1-22(16-9-4-3-5-10-16)14-8-13-21-19(24)15-23(27(2,25)26)18-12-7-6-11-17(18)20/h3-7,9-12H,8,13-15H2,1-2H3,(H,21,24). The predicted octanol–water partition coefficient (Wildman–Crippen LogP) is 2.75. The maximum Gasteiger partial charge on any atom is 0.240 e. The van der Waals surface area contributed by atoms with Crippen molar-refractivity contribution < 1.29 is 13.2 Å². The molecule has 8 heteroatoms. The van der Waals surface area contributed by atoms with E-state index in [1.54, 1.807) is 24.3 Å². The van der Waals surface area contributed by atoms with Crippen molar-refractivity contribution >= 4 is 38.9 Å². The van der Waals surface area contributed by atoms with Crippen molar-refractivity contribution in [1.82, 2.24) is 5.32 Å². The fourth-order valence-corrected chi connectivity index (χ4v) is 3.73. The minimum absolute atomic E-state index is 0.278. The van der Waals surface area contributed by atoms with Gasteiger partial charge in [0.15, 0.2) is 0 Å². The molecule has 2 aromatic rings. The molecule has 0 aromatic heterocycles. The Morgan fingerprint density at radius 1 is 1.07 bits per heavy atom. The lowest BCUT2D eigenvalue weighted by molar-refractivity contribution is -0.119. The third kappa shape index (κ3) is 6.45. The van der Waals surface area contributed by atoms with Gasteiger partial charge in [0.2, 0.25) is 15.9 Å². The Morgan fingerprint density at radius 3 is 2.33 bits per heavy atom. The van der Waals surface area contributed by atoms with Crippen molar-refractivity contribution in [3.05, 3.63) is 59.6 Å². The molecule has 6 nitrogen and oxygen atoms in total. The van der Waals surface area contributed by atoms with Gasteiger partial charge in [-0.3, -0.25) is 9.10 Å². The number of para-hydroxylation sites is 2. The smallest absolute Gasteiger partial charge is 0.240 e. The zero-order chi connectivity index (χ0) is 19.9. The number of carbonyl (C=O) groups is 1. The summed E-state index contributed by atoms with van der Waals surface area (Å²) in [6.45, 7) is 0.915. The van der Waals surface area contributed by atoms with Gasteiger partial charge in [-0.15, -0.1) is 0 Å². The van der Waals surface area contributed by atoms with Crippen molar-refractivity contribution in [1.29, 1.82) is 0 Å². The third-order valence-electron chi connectivity index (χ3n) is 4.00. The summed E-state index contributed by atoms with van der Waals surface area (Å²) in [4.78, 5) is 14.3. The van der Waals surface area contributed by atoms with E-state index in [-0.39, 0.29) is 17.5 Å². The Hall–Kier alpha value is -2.25. The monoisotopic (exact) mass is 409 g/mol. The molecule has 2 rings (SSSR count). The first-order chi connectivity index (χ1) is 12.8. The molecule has 0 saturated carbocycles. The highest BCUT2D eigenvalue weighted by atomic mass is 35.5. The summed E-state index contributed by atoms with van der Waals surface area (Å²) in [5.41, 5.74) is 1.39. The summed E-state index contributed by atoms with van der Waals surface area (Å²) in [5.74, 6) is -0.372. The van der Waals surface area contributed by atoms with Crippen LogP contribution in [-0.4, -0.2) is 47.3 Å². The number of hydrogen-bond donors (Lipinski definition) is 1. The van der Waals surface area contributed by atoms with Crippen LogP contribution >= 0.6 is 11.6 Å². The number of hydrogen-bond acceptors (Lipinski definition) is 4. The summed E-state index contributed by atoms with van der Waals surface area (Å²) >= 11 is 6.09. The van der Waals surface area contributed by atoms with Gasteiger partial charge in [0, 0.05) is 25.8 Å².